The van der Waals surface area contributed by atoms with Crippen molar-refractivity contribution in [2.75, 3.05) is 33.7 Å². The molecule has 0 radical (unpaired) electrons. The molecule has 1 aromatic carbocycles. The van der Waals surface area contributed by atoms with Crippen LogP contribution in [0.2, 0.25) is 0 Å². The summed E-state index contributed by atoms with van der Waals surface area (Å²) < 4.78 is 0. The van der Waals surface area contributed by atoms with E-state index in [1.54, 1.807) is 19.0 Å². The lowest BCUT2D eigenvalue weighted by atomic mass is 9.90. The van der Waals surface area contributed by atoms with Gasteiger partial charge in [0.15, 0.2) is 5.96 Å². The first-order chi connectivity index (χ1) is 12.7. The molecule has 2 N–H and O–H groups in total. The molecule has 0 atom stereocenters. The van der Waals surface area contributed by atoms with E-state index in [0.717, 1.165) is 49.6 Å². The van der Waals surface area contributed by atoms with Gasteiger partial charge in [-0.2, -0.15) is 0 Å². The second kappa shape index (κ2) is 13.8. The molecular formula is C22H39IN4O. The number of halogens is 1. The minimum atomic E-state index is 0. The SMILES string of the molecule is CCNC(=NCCCCC(C)(C)C)NCCc1cccc(C(=O)N(C)C)c1.I. The summed E-state index contributed by atoms with van der Waals surface area (Å²) >= 11 is 0. The molecule has 0 fully saturated rings. The first-order valence-electron chi connectivity index (χ1n) is 10.1. The first-order valence-corrected chi connectivity index (χ1v) is 10.1. The molecule has 28 heavy (non-hydrogen) atoms. The van der Waals surface area contributed by atoms with Crippen molar-refractivity contribution in [1.29, 1.82) is 0 Å². The predicted octanol–water partition coefficient (Wildman–Crippen LogP) is 4.32. The highest BCUT2D eigenvalue weighted by molar-refractivity contribution is 14.0. The summed E-state index contributed by atoms with van der Waals surface area (Å²) in [5, 5.41) is 6.69. The Morgan fingerprint density at radius 3 is 2.46 bits per heavy atom. The number of rotatable bonds is 9. The summed E-state index contributed by atoms with van der Waals surface area (Å²) in [6.45, 7) is 11.4. The van der Waals surface area contributed by atoms with Gasteiger partial charge in [0.1, 0.15) is 0 Å². The van der Waals surface area contributed by atoms with Gasteiger partial charge in [0, 0.05) is 39.3 Å². The van der Waals surface area contributed by atoms with E-state index in [-0.39, 0.29) is 29.9 Å². The number of unbranched alkanes of at least 4 members (excludes halogenated alkanes) is 1. The molecule has 1 aromatic rings. The van der Waals surface area contributed by atoms with Crippen LogP contribution in [0.5, 0.6) is 0 Å². The Kier molecular flexibility index (Phi) is 13.2. The highest BCUT2D eigenvalue weighted by Crippen LogP contribution is 2.21. The molecule has 1 rings (SSSR count). The second-order valence-corrected chi connectivity index (χ2v) is 8.36. The number of carbonyl (C=O) groups excluding carboxylic acids is 1. The maximum absolute atomic E-state index is 12.1. The van der Waals surface area contributed by atoms with E-state index in [4.69, 9.17) is 0 Å². The summed E-state index contributed by atoms with van der Waals surface area (Å²) in [6.07, 6.45) is 4.40. The molecule has 0 spiro atoms. The standard InChI is InChI=1S/C22H38N4O.HI/c1-7-23-21(24-15-9-8-14-22(2,3)4)25-16-13-18-11-10-12-19(17-18)20(27)26(5)6;/h10-12,17H,7-9,13-16H2,1-6H3,(H2,23,24,25);1H. The zero-order valence-electron chi connectivity index (χ0n) is 18.5. The van der Waals surface area contributed by atoms with Crippen molar-refractivity contribution in [3.8, 4) is 0 Å². The number of hydrogen-bond donors (Lipinski definition) is 2. The lowest BCUT2D eigenvalue weighted by Crippen LogP contribution is -2.38. The normalized spacial score (nSPS) is 11.6. The molecule has 0 saturated heterocycles. The van der Waals surface area contributed by atoms with Crippen molar-refractivity contribution in [1.82, 2.24) is 15.5 Å². The van der Waals surface area contributed by atoms with Gasteiger partial charge in [-0.05, 0) is 49.3 Å². The van der Waals surface area contributed by atoms with Crippen molar-refractivity contribution in [3.63, 3.8) is 0 Å². The fraction of sp³-hybridized carbons (Fsp3) is 0.636. The van der Waals surface area contributed by atoms with Gasteiger partial charge in [-0.1, -0.05) is 39.3 Å². The lowest BCUT2D eigenvalue weighted by Gasteiger charge is -2.17. The molecule has 6 heteroatoms. The molecule has 0 saturated carbocycles. The Balaban J connectivity index is 0.00000729. The zero-order chi connectivity index (χ0) is 20.3. The number of aliphatic imine (C=N–C) groups is 1. The molecule has 0 heterocycles. The van der Waals surface area contributed by atoms with Crippen molar-refractivity contribution in [2.24, 2.45) is 10.4 Å². The van der Waals surface area contributed by atoms with Gasteiger partial charge in [0.2, 0.25) is 0 Å². The van der Waals surface area contributed by atoms with Crippen molar-refractivity contribution in [2.45, 2.75) is 53.4 Å². The van der Waals surface area contributed by atoms with Gasteiger partial charge in [-0.25, -0.2) is 0 Å². The average Bonchev–Trinajstić information content (AvgIpc) is 2.60. The molecule has 1 amide bonds. The molecule has 5 nitrogen and oxygen atoms in total. The van der Waals surface area contributed by atoms with Crippen LogP contribution < -0.4 is 10.6 Å². The third kappa shape index (κ3) is 11.5. The van der Waals surface area contributed by atoms with Crippen LogP contribution in [0.25, 0.3) is 0 Å². The number of guanidine groups is 1. The maximum Gasteiger partial charge on any atom is 0.253 e. The minimum Gasteiger partial charge on any atom is -0.357 e. The van der Waals surface area contributed by atoms with Crippen molar-refractivity contribution in [3.05, 3.63) is 35.4 Å². The van der Waals surface area contributed by atoms with Crippen LogP contribution in [0.1, 0.15) is 62.9 Å². The quantitative estimate of drug-likeness (QED) is 0.229. The van der Waals surface area contributed by atoms with E-state index >= 15 is 0 Å². The number of amides is 1. The number of hydrogen-bond acceptors (Lipinski definition) is 2. The molecule has 0 bridgehead atoms. The Labute approximate surface area is 188 Å². The fourth-order valence-electron chi connectivity index (χ4n) is 2.74. The molecule has 0 unspecified atom stereocenters. The fourth-order valence-corrected chi connectivity index (χ4v) is 2.74. The predicted molar refractivity (Wildman–Crippen MR) is 131 cm³/mol. The molecule has 0 aliphatic carbocycles. The maximum atomic E-state index is 12.1. The second-order valence-electron chi connectivity index (χ2n) is 8.36. The van der Waals surface area contributed by atoms with E-state index in [0.29, 0.717) is 5.41 Å². The minimum absolute atomic E-state index is 0. The highest BCUT2D eigenvalue weighted by atomic mass is 127. The Morgan fingerprint density at radius 1 is 1.14 bits per heavy atom. The Hall–Kier alpha value is -1.31. The van der Waals surface area contributed by atoms with Crippen LogP contribution in [0.3, 0.4) is 0 Å². The summed E-state index contributed by atoms with van der Waals surface area (Å²) in [5.41, 5.74) is 2.28. The molecule has 160 valence electrons. The molecule has 0 aliphatic heterocycles. The Morgan fingerprint density at radius 2 is 1.86 bits per heavy atom. The van der Waals surface area contributed by atoms with Gasteiger partial charge in [0.25, 0.3) is 5.91 Å². The van der Waals surface area contributed by atoms with Crippen molar-refractivity contribution < 1.29 is 4.79 Å². The van der Waals surface area contributed by atoms with Crippen LogP contribution in [0.4, 0.5) is 0 Å². The third-order valence-corrected chi connectivity index (χ3v) is 4.24. The monoisotopic (exact) mass is 502 g/mol. The topological polar surface area (TPSA) is 56.7 Å². The van der Waals surface area contributed by atoms with Gasteiger partial charge in [0.05, 0.1) is 0 Å². The van der Waals surface area contributed by atoms with Crippen molar-refractivity contribution >= 4 is 35.8 Å². The first kappa shape index (κ1) is 26.7. The number of nitrogens with zero attached hydrogens (tertiary/aromatic N) is 2. The summed E-state index contributed by atoms with van der Waals surface area (Å²) in [4.78, 5) is 18.3. The summed E-state index contributed by atoms with van der Waals surface area (Å²) in [5.74, 6) is 0.906. The van der Waals surface area contributed by atoms with E-state index < -0.39 is 0 Å². The summed E-state index contributed by atoms with van der Waals surface area (Å²) in [6, 6.07) is 7.84. The molecular weight excluding hydrogens is 463 g/mol. The molecule has 0 aliphatic rings. The van der Waals surface area contributed by atoms with Gasteiger partial charge >= 0.3 is 0 Å². The van der Waals surface area contributed by atoms with E-state index in [1.807, 2.05) is 18.2 Å². The van der Waals surface area contributed by atoms with Gasteiger partial charge in [-0.15, -0.1) is 24.0 Å². The third-order valence-electron chi connectivity index (χ3n) is 4.24. The average molecular weight is 502 g/mol. The van der Waals surface area contributed by atoms with E-state index in [2.05, 4.69) is 49.4 Å². The van der Waals surface area contributed by atoms with E-state index in [1.165, 1.54) is 12.8 Å². The molecule has 0 aromatic heterocycles. The van der Waals surface area contributed by atoms with Crippen LogP contribution in [-0.2, 0) is 6.42 Å². The lowest BCUT2D eigenvalue weighted by molar-refractivity contribution is 0.0827. The Bertz CT molecular complexity index is 609. The van der Waals surface area contributed by atoms with Crippen LogP contribution >= 0.6 is 24.0 Å². The van der Waals surface area contributed by atoms with Gasteiger partial charge < -0.3 is 15.5 Å². The summed E-state index contributed by atoms with van der Waals surface area (Å²) in [7, 11) is 3.55. The van der Waals surface area contributed by atoms with Gasteiger partial charge in [-0.3, -0.25) is 9.79 Å². The number of carbonyl (C=O) groups is 1. The highest BCUT2D eigenvalue weighted by Gasteiger charge is 2.09. The number of nitrogens with one attached hydrogen (secondary N) is 2. The van der Waals surface area contributed by atoms with Crippen LogP contribution in [0.15, 0.2) is 29.3 Å². The van der Waals surface area contributed by atoms with Crippen LogP contribution in [-0.4, -0.2) is 50.5 Å². The largest absolute Gasteiger partial charge is 0.357 e. The smallest absolute Gasteiger partial charge is 0.253 e. The van der Waals surface area contributed by atoms with Crippen LogP contribution in [0, 0.1) is 5.41 Å². The number of benzene rings is 1. The van der Waals surface area contributed by atoms with E-state index in [9.17, 15) is 4.79 Å². The zero-order valence-corrected chi connectivity index (χ0v) is 20.8.